The van der Waals surface area contributed by atoms with Crippen LogP contribution in [0.1, 0.15) is 30.9 Å². The summed E-state index contributed by atoms with van der Waals surface area (Å²) in [5.74, 6) is 0.415. The van der Waals surface area contributed by atoms with Gasteiger partial charge in [-0.1, -0.05) is 32.0 Å². The summed E-state index contributed by atoms with van der Waals surface area (Å²) in [5.41, 5.74) is 0.193. The molecule has 0 saturated carbocycles. The third-order valence-electron chi connectivity index (χ3n) is 3.01. The monoisotopic (exact) mass is 259 g/mol. The number of likely N-dealkylation sites (N-methyl/N-ethyl adjacent to an activating group) is 1. The van der Waals surface area contributed by atoms with Crippen molar-refractivity contribution in [1.82, 2.24) is 4.90 Å². The molecule has 1 rings (SSSR count). The molecule has 1 aromatic carbocycles. The molecule has 0 saturated heterocycles. The van der Waals surface area contributed by atoms with E-state index in [1.54, 1.807) is 6.07 Å². The van der Waals surface area contributed by atoms with Crippen LogP contribution in [-0.4, -0.2) is 25.5 Å². The topological polar surface area (TPSA) is 3.24 Å². The molecule has 1 nitrogen and oxygen atoms in total. The van der Waals surface area contributed by atoms with E-state index in [4.69, 9.17) is 0 Å². The SMILES string of the molecule is CC(C)C(CN(C)C)c1cccc(C(F)(F)F)c1. The molecule has 0 heterocycles. The second kappa shape index (κ2) is 5.74. The van der Waals surface area contributed by atoms with Crippen LogP contribution in [0.2, 0.25) is 0 Å². The largest absolute Gasteiger partial charge is 0.416 e. The molecule has 1 aromatic rings. The molecule has 0 aromatic heterocycles. The highest BCUT2D eigenvalue weighted by atomic mass is 19.4. The summed E-state index contributed by atoms with van der Waals surface area (Å²) in [7, 11) is 3.87. The minimum Gasteiger partial charge on any atom is -0.309 e. The fraction of sp³-hybridized carbons (Fsp3) is 0.571. The summed E-state index contributed by atoms with van der Waals surface area (Å²) in [5, 5.41) is 0. The third kappa shape index (κ3) is 4.02. The summed E-state index contributed by atoms with van der Waals surface area (Å²) in [4.78, 5) is 2.00. The summed E-state index contributed by atoms with van der Waals surface area (Å²) in [6, 6.07) is 5.66. The Morgan fingerprint density at radius 3 is 2.22 bits per heavy atom. The van der Waals surface area contributed by atoms with Gasteiger partial charge in [-0.3, -0.25) is 0 Å². The number of benzene rings is 1. The summed E-state index contributed by atoms with van der Waals surface area (Å²) in [6.45, 7) is 4.82. The van der Waals surface area contributed by atoms with Gasteiger partial charge < -0.3 is 4.90 Å². The van der Waals surface area contributed by atoms with Crippen molar-refractivity contribution >= 4 is 0 Å². The quantitative estimate of drug-likeness (QED) is 0.789. The van der Waals surface area contributed by atoms with Gasteiger partial charge in [-0.2, -0.15) is 13.2 Å². The van der Waals surface area contributed by atoms with Gasteiger partial charge in [0.1, 0.15) is 0 Å². The molecular weight excluding hydrogens is 239 g/mol. The van der Waals surface area contributed by atoms with E-state index in [1.807, 2.05) is 32.8 Å². The lowest BCUT2D eigenvalue weighted by molar-refractivity contribution is -0.137. The number of hydrogen-bond acceptors (Lipinski definition) is 1. The Labute approximate surface area is 107 Å². The summed E-state index contributed by atoms with van der Waals surface area (Å²) in [6.07, 6.45) is -4.27. The van der Waals surface area contributed by atoms with Crippen molar-refractivity contribution in [2.24, 2.45) is 5.92 Å². The highest BCUT2D eigenvalue weighted by Gasteiger charge is 2.31. The number of rotatable bonds is 4. The summed E-state index contributed by atoms with van der Waals surface area (Å²) >= 11 is 0. The zero-order chi connectivity index (χ0) is 13.9. The first kappa shape index (κ1) is 15.0. The second-order valence-corrected chi connectivity index (χ2v) is 5.24. The van der Waals surface area contributed by atoms with Crippen molar-refractivity contribution in [3.8, 4) is 0 Å². The standard InChI is InChI=1S/C14H20F3N/c1-10(2)13(9-18(3)4)11-6-5-7-12(8-11)14(15,16)17/h5-8,10,13H,9H2,1-4H3. The van der Waals surface area contributed by atoms with Gasteiger partial charge in [-0.15, -0.1) is 0 Å². The maximum absolute atomic E-state index is 12.7. The van der Waals surface area contributed by atoms with E-state index in [0.29, 0.717) is 5.92 Å². The van der Waals surface area contributed by atoms with Gasteiger partial charge in [-0.25, -0.2) is 0 Å². The van der Waals surface area contributed by atoms with Crippen LogP contribution in [0.15, 0.2) is 24.3 Å². The van der Waals surface area contributed by atoms with E-state index >= 15 is 0 Å². The second-order valence-electron chi connectivity index (χ2n) is 5.24. The van der Waals surface area contributed by atoms with Crippen molar-refractivity contribution in [3.05, 3.63) is 35.4 Å². The first-order chi connectivity index (χ1) is 8.21. The average Bonchev–Trinajstić information content (AvgIpc) is 2.24. The molecule has 102 valence electrons. The maximum atomic E-state index is 12.7. The number of nitrogens with zero attached hydrogens (tertiary/aromatic N) is 1. The fourth-order valence-electron chi connectivity index (χ4n) is 2.04. The number of hydrogen-bond donors (Lipinski definition) is 0. The fourth-order valence-corrected chi connectivity index (χ4v) is 2.04. The van der Waals surface area contributed by atoms with Gasteiger partial charge in [0.25, 0.3) is 0 Å². The van der Waals surface area contributed by atoms with E-state index < -0.39 is 11.7 Å². The van der Waals surface area contributed by atoms with Crippen LogP contribution >= 0.6 is 0 Å². The van der Waals surface area contributed by atoms with Gasteiger partial charge in [0.2, 0.25) is 0 Å². The van der Waals surface area contributed by atoms with E-state index in [1.165, 1.54) is 12.1 Å². The van der Waals surface area contributed by atoms with Crippen LogP contribution in [0.4, 0.5) is 13.2 Å². The molecule has 0 bridgehead atoms. The van der Waals surface area contributed by atoms with Crippen LogP contribution < -0.4 is 0 Å². The lowest BCUT2D eigenvalue weighted by atomic mass is 9.87. The van der Waals surface area contributed by atoms with Crippen molar-refractivity contribution < 1.29 is 13.2 Å². The first-order valence-corrected chi connectivity index (χ1v) is 6.03. The minimum absolute atomic E-state index is 0.113. The van der Waals surface area contributed by atoms with Crippen molar-refractivity contribution in [2.45, 2.75) is 25.9 Å². The molecule has 1 atom stereocenters. The van der Waals surface area contributed by atoms with Crippen molar-refractivity contribution in [1.29, 1.82) is 0 Å². The van der Waals surface area contributed by atoms with Crippen LogP contribution in [0.5, 0.6) is 0 Å². The maximum Gasteiger partial charge on any atom is 0.416 e. The minimum atomic E-state index is -4.27. The average molecular weight is 259 g/mol. The predicted molar refractivity (Wildman–Crippen MR) is 67.6 cm³/mol. The molecule has 0 N–H and O–H groups in total. The predicted octanol–water partition coefficient (Wildman–Crippen LogP) is 4.01. The van der Waals surface area contributed by atoms with Gasteiger partial charge in [0, 0.05) is 6.54 Å². The Morgan fingerprint density at radius 1 is 1.17 bits per heavy atom. The Balaban J connectivity index is 3.06. The van der Waals surface area contributed by atoms with Gasteiger partial charge >= 0.3 is 6.18 Å². The molecule has 0 spiro atoms. The molecule has 4 heteroatoms. The molecule has 18 heavy (non-hydrogen) atoms. The Hall–Kier alpha value is -1.03. The molecular formula is C14H20F3N. The molecule has 0 aliphatic rings. The molecule has 0 aliphatic carbocycles. The third-order valence-corrected chi connectivity index (χ3v) is 3.01. The number of alkyl halides is 3. The van der Waals surface area contributed by atoms with Crippen LogP contribution in [0, 0.1) is 5.92 Å². The van der Waals surface area contributed by atoms with Crippen LogP contribution in [-0.2, 0) is 6.18 Å². The molecule has 0 aliphatic heterocycles. The van der Waals surface area contributed by atoms with Crippen molar-refractivity contribution in [3.63, 3.8) is 0 Å². The van der Waals surface area contributed by atoms with Gasteiger partial charge in [-0.05, 0) is 37.6 Å². The lowest BCUT2D eigenvalue weighted by Crippen LogP contribution is -2.24. The highest BCUT2D eigenvalue weighted by Crippen LogP contribution is 2.33. The van der Waals surface area contributed by atoms with Crippen LogP contribution in [0.25, 0.3) is 0 Å². The van der Waals surface area contributed by atoms with Crippen molar-refractivity contribution in [2.75, 3.05) is 20.6 Å². The Bertz CT molecular complexity index is 383. The zero-order valence-corrected chi connectivity index (χ0v) is 11.3. The zero-order valence-electron chi connectivity index (χ0n) is 11.3. The Morgan fingerprint density at radius 2 is 1.78 bits per heavy atom. The summed E-state index contributed by atoms with van der Waals surface area (Å²) < 4.78 is 38.1. The van der Waals surface area contributed by atoms with E-state index in [9.17, 15) is 13.2 Å². The van der Waals surface area contributed by atoms with Gasteiger partial charge in [0.05, 0.1) is 5.56 Å². The molecule has 0 amide bonds. The highest BCUT2D eigenvalue weighted by molar-refractivity contribution is 5.29. The molecule has 0 fully saturated rings. The van der Waals surface area contributed by atoms with E-state index in [2.05, 4.69) is 0 Å². The van der Waals surface area contributed by atoms with Crippen LogP contribution in [0.3, 0.4) is 0 Å². The van der Waals surface area contributed by atoms with E-state index in [-0.39, 0.29) is 5.92 Å². The smallest absolute Gasteiger partial charge is 0.309 e. The lowest BCUT2D eigenvalue weighted by Gasteiger charge is -2.25. The van der Waals surface area contributed by atoms with E-state index in [0.717, 1.165) is 18.2 Å². The molecule has 1 unspecified atom stereocenters. The first-order valence-electron chi connectivity index (χ1n) is 6.03. The number of halogens is 3. The normalized spacial score (nSPS) is 14.3. The molecule has 0 radical (unpaired) electrons. The Kier molecular flexibility index (Phi) is 4.79. The van der Waals surface area contributed by atoms with Gasteiger partial charge in [0.15, 0.2) is 0 Å².